The Balaban J connectivity index is 1.71. The highest BCUT2D eigenvalue weighted by Gasteiger charge is 2.19. The van der Waals surface area contributed by atoms with Crippen LogP contribution in [-0.2, 0) is 0 Å². The van der Waals surface area contributed by atoms with Gasteiger partial charge in [-0.05, 0) is 47.9 Å². The lowest BCUT2D eigenvalue weighted by Crippen LogP contribution is -2.29. The number of halogens is 1. The number of imidazole rings is 1. The smallest absolute Gasteiger partial charge is 0.252 e. The minimum absolute atomic E-state index is 0.293. The summed E-state index contributed by atoms with van der Waals surface area (Å²) in [5.74, 6) is -0.717. The molecule has 1 heterocycles. The van der Waals surface area contributed by atoms with Gasteiger partial charge >= 0.3 is 0 Å². The predicted octanol–water partition coefficient (Wildman–Crippen LogP) is 4.53. The SMILES string of the molecule is Cc1ccc(C(=O)N[C@H](c2ccccc2)c2ccc3nc[nH]c3c2)cc1F. The molecule has 0 aliphatic rings. The van der Waals surface area contributed by atoms with Crippen molar-refractivity contribution in [1.29, 1.82) is 0 Å². The number of hydrogen-bond acceptors (Lipinski definition) is 2. The molecule has 3 aromatic carbocycles. The van der Waals surface area contributed by atoms with Crippen molar-refractivity contribution in [2.45, 2.75) is 13.0 Å². The summed E-state index contributed by atoms with van der Waals surface area (Å²) in [6, 6.07) is 19.7. The molecule has 5 heteroatoms. The number of rotatable bonds is 4. The summed E-state index contributed by atoms with van der Waals surface area (Å²) in [5.41, 5.74) is 4.41. The molecule has 4 nitrogen and oxygen atoms in total. The van der Waals surface area contributed by atoms with Crippen LogP contribution in [0.1, 0.15) is 33.1 Å². The number of nitrogens with one attached hydrogen (secondary N) is 2. The Morgan fingerprint density at radius 1 is 1.04 bits per heavy atom. The lowest BCUT2D eigenvalue weighted by molar-refractivity contribution is 0.0942. The van der Waals surface area contributed by atoms with Crippen LogP contribution in [0.4, 0.5) is 4.39 Å². The summed E-state index contributed by atoms with van der Waals surface area (Å²) in [6.45, 7) is 1.67. The zero-order valence-corrected chi connectivity index (χ0v) is 14.7. The van der Waals surface area contributed by atoms with Gasteiger partial charge < -0.3 is 10.3 Å². The average molecular weight is 359 g/mol. The summed E-state index contributed by atoms with van der Waals surface area (Å²) in [5, 5.41) is 3.03. The molecule has 0 radical (unpaired) electrons. The fourth-order valence-electron chi connectivity index (χ4n) is 3.09. The predicted molar refractivity (Wildman–Crippen MR) is 103 cm³/mol. The van der Waals surface area contributed by atoms with Crippen LogP contribution in [0.5, 0.6) is 0 Å². The minimum Gasteiger partial charge on any atom is -0.345 e. The van der Waals surface area contributed by atoms with E-state index in [1.807, 2.05) is 48.5 Å². The maximum absolute atomic E-state index is 13.9. The molecule has 4 aromatic rings. The number of aryl methyl sites for hydroxylation is 1. The van der Waals surface area contributed by atoms with Crippen LogP contribution >= 0.6 is 0 Å². The Morgan fingerprint density at radius 3 is 2.63 bits per heavy atom. The van der Waals surface area contributed by atoms with Crippen molar-refractivity contribution in [3.8, 4) is 0 Å². The van der Waals surface area contributed by atoms with Crippen LogP contribution in [0.2, 0.25) is 0 Å². The third kappa shape index (κ3) is 3.44. The van der Waals surface area contributed by atoms with Crippen molar-refractivity contribution < 1.29 is 9.18 Å². The van der Waals surface area contributed by atoms with Gasteiger partial charge in [-0.3, -0.25) is 4.79 Å². The zero-order chi connectivity index (χ0) is 18.8. The molecule has 1 aromatic heterocycles. The fraction of sp³-hybridized carbons (Fsp3) is 0.0909. The Kier molecular flexibility index (Phi) is 4.42. The normalized spacial score (nSPS) is 12.1. The molecular weight excluding hydrogens is 341 g/mol. The largest absolute Gasteiger partial charge is 0.345 e. The molecule has 0 fully saturated rings. The van der Waals surface area contributed by atoms with E-state index in [0.717, 1.165) is 22.2 Å². The van der Waals surface area contributed by atoms with Crippen LogP contribution in [0.3, 0.4) is 0 Å². The third-order valence-corrected chi connectivity index (χ3v) is 4.62. The highest BCUT2D eigenvalue weighted by Crippen LogP contribution is 2.25. The molecule has 1 atom stereocenters. The zero-order valence-electron chi connectivity index (χ0n) is 14.7. The second kappa shape index (κ2) is 7.03. The van der Waals surface area contributed by atoms with Crippen molar-refractivity contribution in [1.82, 2.24) is 15.3 Å². The molecule has 2 N–H and O–H groups in total. The van der Waals surface area contributed by atoms with E-state index < -0.39 is 5.82 Å². The molecule has 0 unspecified atom stereocenters. The maximum atomic E-state index is 13.9. The van der Waals surface area contributed by atoms with Gasteiger partial charge in [0.25, 0.3) is 5.91 Å². The maximum Gasteiger partial charge on any atom is 0.252 e. The standard InChI is InChI=1S/C22H18FN3O/c1-14-7-8-17(11-18(14)23)22(27)26-21(15-5-3-2-4-6-15)16-9-10-19-20(12-16)25-13-24-19/h2-13,21H,1H3,(H,24,25)(H,26,27)/t21-/m1/s1. The van der Waals surface area contributed by atoms with Crippen molar-refractivity contribution in [2.24, 2.45) is 0 Å². The summed E-state index contributed by atoms with van der Waals surface area (Å²) in [4.78, 5) is 20.1. The summed E-state index contributed by atoms with van der Waals surface area (Å²) in [7, 11) is 0. The van der Waals surface area contributed by atoms with Gasteiger partial charge in [0.15, 0.2) is 0 Å². The first-order valence-corrected chi connectivity index (χ1v) is 8.67. The lowest BCUT2D eigenvalue weighted by Gasteiger charge is -2.20. The van der Waals surface area contributed by atoms with E-state index >= 15 is 0 Å². The molecule has 4 rings (SSSR count). The topological polar surface area (TPSA) is 57.8 Å². The number of carbonyl (C=O) groups excluding carboxylic acids is 1. The minimum atomic E-state index is -0.391. The van der Waals surface area contributed by atoms with Gasteiger partial charge in [0.2, 0.25) is 0 Å². The highest BCUT2D eigenvalue weighted by molar-refractivity contribution is 5.94. The van der Waals surface area contributed by atoms with E-state index in [1.165, 1.54) is 6.07 Å². The van der Waals surface area contributed by atoms with Crippen LogP contribution in [-0.4, -0.2) is 15.9 Å². The summed E-state index contributed by atoms with van der Waals surface area (Å²) < 4.78 is 13.9. The number of hydrogen-bond donors (Lipinski definition) is 2. The summed E-state index contributed by atoms with van der Waals surface area (Å²) >= 11 is 0. The van der Waals surface area contributed by atoms with E-state index in [4.69, 9.17) is 0 Å². The Labute approximate surface area is 156 Å². The Morgan fingerprint density at radius 2 is 1.85 bits per heavy atom. The third-order valence-electron chi connectivity index (χ3n) is 4.62. The number of nitrogens with zero attached hydrogens (tertiary/aromatic N) is 1. The molecule has 134 valence electrons. The molecule has 27 heavy (non-hydrogen) atoms. The molecule has 0 saturated carbocycles. The number of amides is 1. The number of H-pyrrole nitrogens is 1. The van der Waals surface area contributed by atoms with Crippen LogP contribution in [0, 0.1) is 12.7 Å². The molecule has 0 spiro atoms. The first-order valence-electron chi connectivity index (χ1n) is 8.67. The number of fused-ring (bicyclic) bond motifs is 1. The Hall–Kier alpha value is -3.47. The molecule has 0 aliphatic carbocycles. The number of aromatic amines is 1. The Bertz CT molecular complexity index is 1100. The monoisotopic (exact) mass is 359 g/mol. The van der Waals surface area contributed by atoms with Crippen LogP contribution in [0.15, 0.2) is 73.1 Å². The highest BCUT2D eigenvalue weighted by atomic mass is 19.1. The second-order valence-electron chi connectivity index (χ2n) is 6.46. The van der Waals surface area contributed by atoms with E-state index in [-0.39, 0.29) is 11.9 Å². The molecular formula is C22H18FN3O. The van der Waals surface area contributed by atoms with Gasteiger partial charge in [-0.1, -0.05) is 42.5 Å². The number of benzene rings is 3. The quantitative estimate of drug-likeness (QED) is 0.562. The average Bonchev–Trinajstić information content (AvgIpc) is 3.16. The van der Waals surface area contributed by atoms with E-state index in [2.05, 4.69) is 15.3 Å². The van der Waals surface area contributed by atoms with Gasteiger partial charge in [-0.2, -0.15) is 0 Å². The van der Waals surface area contributed by atoms with Crippen molar-refractivity contribution in [3.63, 3.8) is 0 Å². The van der Waals surface area contributed by atoms with Gasteiger partial charge in [-0.25, -0.2) is 9.37 Å². The van der Waals surface area contributed by atoms with E-state index in [0.29, 0.717) is 11.1 Å². The fourth-order valence-corrected chi connectivity index (χ4v) is 3.09. The van der Waals surface area contributed by atoms with Gasteiger partial charge in [0.05, 0.1) is 23.4 Å². The van der Waals surface area contributed by atoms with Crippen LogP contribution in [0.25, 0.3) is 11.0 Å². The molecule has 0 aliphatic heterocycles. The first-order chi connectivity index (χ1) is 13.1. The van der Waals surface area contributed by atoms with Gasteiger partial charge in [0.1, 0.15) is 5.82 Å². The second-order valence-corrected chi connectivity index (χ2v) is 6.46. The van der Waals surface area contributed by atoms with Gasteiger partial charge in [0, 0.05) is 5.56 Å². The van der Waals surface area contributed by atoms with Gasteiger partial charge in [-0.15, -0.1) is 0 Å². The molecule has 0 bridgehead atoms. The number of aromatic nitrogens is 2. The first kappa shape index (κ1) is 17.0. The van der Waals surface area contributed by atoms with Crippen LogP contribution < -0.4 is 5.32 Å². The van der Waals surface area contributed by atoms with Crippen molar-refractivity contribution >= 4 is 16.9 Å². The van der Waals surface area contributed by atoms with Crippen molar-refractivity contribution in [3.05, 3.63) is 101 Å². The molecule has 1 amide bonds. The summed E-state index contributed by atoms with van der Waals surface area (Å²) in [6.07, 6.45) is 1.64. The molecule has 0 saturated heterocycles. The van der Waals surface area contributed by atoms with E-state index in [1.54, 1.807) is 25.4 Å². The number of carbonyl (C=O) groups is 1. The van der Waals surface area contributed by atoms with Crippen molar-refractivity contribution in [2.75, 3.05) is 0 Å². The lowest BCUT2D eigenvalue weighted by atomic mass is 9.97. The van der Waals surface area contributed by atoms with E-state index in [9.17, 15) is 9.18 Å².